The maximum atomic E-state index is 12.9. The predicted octanol–water partition coefficient (Wildman–Crippen LogP) is 7.83. The number of hydrogen-bond acceptors (Lipinski definition) is 6. The fourth-order valence-electron chi connectivity index (χ4n) is 5.03. The number of anilines is 1. The van der Waals surface area contributed by atoms with E-state index in [1.807, 2.05) is 24.5 Å². The molecule has 1 saturated carbocycles. The first-order valence-corrected chi connectivity index (χ1v) is 20.7. The molecule has 1 aromatic carbocycles. The lowest BCUT2D eigenvalue weighted by atomic mass is 10.0. The Morgan fingerprint density at radius 1 is 0.927 bits per heavy atom. The molecule has 2 heterocycles. The largest absolute Gasteiger partial charge is 0.411 e. The van der Waals surface area contributed by atoms with Crippen LogP contribution in [0.3, 0.4) is 0 Å². The third-order valence-corrected chi connectivity index (χ3v) is 18.6. The number of hydrogen-bond donors (Lipinski definition) is 1. The molecule has 4 rings (SSSR count). The molecule has 0 unspecified atom stereocenters. The lowest BCUT2D eigenvalue weighted by Gasteiger charge is -2.45. The van der Waals surface area contributed by atoms with Crippen LogP contribution in [0.2, 0.25) is 36.3 Å². The molecule has 1 aliphatic carbocycles. The zero-order valence-corrected chi connectivity index (χ0v) is 28.8. The molecule has 41 heavy (non-hydrogen) atoms. The van der Waals surface area contributed by atoms with Gasteiger partial charge in [0.25, 0.3) is 5.91 Å². The van der Waals surface area contributed by atoms with Gasteiger partial charge in [-0.3, -0.25) is 4.79 Å². The summed E-state index contributed by atoms with van der Waals surface area (Å²) in [7, 11) is -4.24. The SMILES string of the molecule is CC[C@H]1C[C@@H](n2cnc3c(NC(=O)c4ccccc4)ncnc32)[C@H](O[Si](C)(C)C(C)(C)C)[C@@H]1O[Si](C)(C)C(C)(C)C. The number of carbonyl (C=O) groups is 1. The van der Waals surface area contributed by atoms with Crippen molar-refractivity contribution in [3.63, 3.8) is 0 Å². The van der Waals surface area contributed by atoms with Crippen LogP contribution in [0, 0.1) is 5.92 Å². The summed E-state index contributed by atoms with van der Waals surface area (Å²) < 4.78 is 16.6. The molecule has 10 heteroatoms. The number of fused-ring (bicyclic) bond motifs is 1. The first-order chi connectivity index (χ1) is 19.0. The van der Waals surface area contributed by atoms with Gasteiger partial charge < -0.3 is 18.7 Å². The number of carbonyl (C=O) groups excluding carboxylic acids is 1. The van der Waals surface area contributed by atoms with Crippen molar-refractivity contribution in [1.82, 2.24) is 19.5 Å². The van der Waals surface area contributed by atoms with Gasteiger partial charge in [-0.05, 0) is 60.7 Å². The topological polar surface area (TPSA) is 91.2 Å². The van der Waals surface area contributed by atoms with Crippen LogP contribution in [0.4, 0.5) is 5.82 Å². The summed E-state index contributed by atoms with van der Waals surface area (Å²) in [6.45, 7) is 25.3. The number of benzene rings is 1. The highest BCUT2D eigenvalue weighted by Gasteiger charge is 2.53. The van der Waals surface area contributed by atoms with Crippen LogP contribution in [-0.2, 0) is 8.85 Å². The highest BCUT2D eigenvalue weighted by molar-refractivity contribution is 6.74. The third kappa shape index (κ3) is 6.35. The second kappa shape index (κ2) is 11.4. The summed E-state index contributed by atoms with van der Waals surface area (Å²) in [6.07, 6.45) is 5.11. The van der Waals surface area contributed by atoms with Gasteiger partial charge in [-0.15, -0.1) is 0 Å². The third-order valence-electron chi connectivity index (χ3n) is 9.69. The number of nitrogens with one attached hydrogen (secondary N) is 1. The molecule has 224 valence electrons. The Balaban J connectivity index is 1.76. The van der Waals surface area contributed by atoms with Gasteiger partial charge in [-0.1, -0.05) is 73.1 Å². The van der Waals surface area contributed by atoms with E-state index in [2.05, 4.69) is 94.5 Å². The lowest BCUT2D eigenvalue weighted by molar-refractivity contribution is 0.0214. The van der Waals surface area contributed by atoms with Crippen molar-refractivity contribution >= 4 is 39.5 Å². The van der Waals surface area contributed by atoms with E-state index in [-0.39, 0.29) is 34.2 Å². The van der Waals surface area contributed by atoms with Gasteiger partial charge in [0.2, 0.25) is 0 Å². The molecule has 0 spiro atoms. The molecule has 3 aromatic rings. The molecule has 0 bridgehead atoms. The number of imidazole rings is 1. The van der Waals surface area contributed by atoms with Gasteiger partial charge >= 0.3 is 0 Å². The fraction of sp³-hybridized carbons (Fsp3) is 0.613. The molecule has 2 aromatic heterocycles. The summed E-state index contributed by atoms with van der Waals surface area (Å²) in [6, 6.07) is 9.13. The Bertz CT molecular complexity index is 1360. The highest BCUT2D eigenvalue weighted by Crippen LogP contribution is 2.49. The molecular weight excluding hydrogens is 547 g/mol. The van der Waals surface area contributed by atoms with Gasteiger partial charge in [-0.25, -0.2) is 15.0 Å². The van der Waals surface area contributed by atoms with Crippen LogP contribution in [0.15, 0.2) is 43.0 Å². The summed E-state index contributed by atoms with van der Waals surface area (Å²) >= 11 is 0. The first kappa shape index (κ1) is 31.5. The molecule has 8 nitrogen and oxygen atoms in total. The van der Waals surface area contributed by atoms with Gasteiger partial charge in [0.15, 0.2) is 33.6 Å². The van der Waals surface area contributed by atoms with Crippen LogP contribution in [-0.4, -0.2) is 54.3 Å². The van der Waals surface area contributed by atoms with E-state index in [0.29, 0.717) is 28.5 Å². The summed E-state index contributed by atoms with van der Waals surface area (Å²) in [5.74, 6) is 0.526. The lowest BCUT2D eigenvalue weighted by Crippen LogP contribution is -2.52. The Kier molecular flexibility index (Phi) is 8.73. The molecule has 1 fully saturated rings. The van der Waals surface area contributed by atoms with Crippen LogP contribution >= 0.6 is 0 Å². The van der Waals surface area contributed by atoms with Gasteiger partial charge in [-0.2, -0.15) is 0 Å². The van der Waals surface area contributed by atoms with E-state index in [1.165, 1.54) is 6.33 Å². The van der Waals surface area contributed by atoms with Crippen LogP contribution in [0.25, 0.3) is 11.2 Å². The van der Waals surface area contributed by atoms with E-state index in [9.17, 15) is 4.79 Å². The van der Waals surface area contributed by atoms with E-state index in [4.69, 9.17) is 13.8 Å². The summed E-state index contributed by atoms with van der Waals surface area (Å²) in [4.78, 5) is 26.7. The smallest absolute Gasteiger partial charge is 0.256 e. The first-order valence-electron chi connectivity index (χ1n) is 14.9. The fourth-order valence-corrected chi connectivity index (χ4v) is 7.72. The molecule has 0 radical (unpaired) electrons. The van der Waals surface area contributed by atoms with Crippen molar-refractivity contribution in [2.45, 2.75) is 116 Å². The number of amides is 1. The average molecular weight is 596 g/mol. The molecule has 0 saturated heterocycles. The van der Waals surface area contributed by atoms with Crippen molar-refractivity contribution in [1.29, 1.82) is 0 Å². The molecule has 1 aliphatic rings. The Hall–Kier alpha value is -2.41. The normalized spacial score (nSPS) is 22.3. The maximum absolute atomic E-state index is 12.9. The zero-order chi connectivity index (χ0) is 30.4. The quantitative estimate of drug-likeness (QED) is 0.267. The van der Waals surface area contributed by atoms with E-state index in [0.717, 1.165) is 12.8 Å². The van der Waals surface area contributed by atoms with Gasteiger partial charge in [0.05, 0.1) is 24.6 Å². The number of aromatic nitrogens is 4. The summed E-state index contributed by atoms with van der Waals surface area (Å²) in [5, 5.41) is 3.08. The zero-order valence-electron chi connectivity index (χ0n) is 26.8. The second-order valence-corrected chi connectivity index (χ2v) is 24.0. The van der Waals surface area contributed by atoms with Crippen molar-refractivity contribution in [3.8, 4) is 0 Å². The molecule has 1 N–H and O–H groups in total. The molecule has 4 atom stereocenters. The van der Waals surface area contributed by atoms with Crippen molar-refractivity contribution in [2.24, 2.45) is 5.92 Å². The monoisotopic (exact) mass is 595 g/mol. The molecule has 0 aliphatic heterocycles. The van der Waals surface area contributed by atoms with Gasteiger partial charge in [0, 0.05) is 5.56 Å². The van der Waals surface area contributed by atoms with E-state index >= 15 is 0 Å². The van der Waals surface area contributed by atoms with Gasteiger partial charge in [0.1, 0.15) is 6.33 Å². The average Bonchev–Trinajstić information content (AvgIpc) is 3.44. The van der Waals surface area contributed by atoms with Crippen molar-refractivity contribution < 1.29 is 13.6 Å². The predicted molar refractivity (Wildman–Crippen MR) is 171 cm³/mol. The molecular formula is C31H49N5O3Si2. The standard InChI is InChI=1S/C31H49N5O3Si2/c1-12-21-18-23(26(39-41(10,11)31(5,6)7)25(21)38-40(8,9)30(2,3)4)36-20-34-24-27(32-19-33-28(24)36)35-29(37)22-16-14-13-15-17-22/h13-17,19-21,23,25-26H,12,18H2,1-11H3,(H,32,33,35,37)/t21-,23+,25+,26-/m0/s1. The minimum absolute atomic E-state index is 0.00131. The minimum atomic E-state index is -2.16. The maximum Gasteiger partial charge on any atom is 0.256 e. The Labute approximate surface area is 247 Å². The van der Waals surface area contributed by atoms with Crippen molar-refractivity contribution in [2.75, 3.05) is 5.32 Å². The van der Waals surface area contributed by atoms with E-state index in [1.54, 1.807) is 12.1 Å². The minimum Gasteiger partial charge on any atom is -0.411 e. The van der Waals surface area contributed by atoms with E-state index < -0.39 is 16.6 Å². The second-order valence-electron chi connectivity index (χ2n) is 14.5. The highest BCUT2D eigenvalue weighted by atomic mass is 28.4. The molecule has 1 amide bonds. The van der Waals surface area contributed by atoms with Crippen LogP contribution < -0.4 is 5.32 Å². The number of nitrogens with zero attached hydrogens (tertiary/aromatic N) is 4. The Morgan fingerprint density at radius 2 is 1.51 bits per heavy atom. The Morgan fingerprint density at radius 3 is 2.07 bits per heavy atom. The number of rotatable bonds is 8. The summed E-state index contributed by atoms with van der Waals surface area (Å²) in [5.41, 5.74) is 1.83. The van der Waals surface area contributed by atoms with Crippen LogP contribution in [0.5, 0.6) is 0 Å². The van der Waals surface area contributed by atoms with Crippen molar-refractivity contribution in [3.05, 3.63) is 48.5 Å². The van der Waals surface area contributed by atoms with Crippen LogP contribution in [0.1, 0.15) is 77.7 Å².